The predicted octanol–water partition coefficient (Wildman–Crippen LogP) is 4.81. The third-order valence-corrected chi connectivity index (χ3v) is 5.77. The summed E-state index contributed by atoms with van der Waals surface area (Å²) in [6.07, 6.45) is 0.232. The molecular formula is C25H32O4. The molecule has 0 bridgehead atoms. The zero-order valence-electron chi connectivity index (χ0n) is 17.6. The van der Waals surface area contributed by atoms with Crippen molar-refractivity contribution < 1.29 is 19.0 Å². The first-order valence-electron chi connectivity index (χ1n) is 10.5. The van der Waals surface area contributed by atoms with Crippen LogP contribution in [0.2, 0.25) is 0 Å². The Hall–Kier alpha value is -2.01. The molecule has 0 radical (unpaired) electrons. The van der Waals surface area contributed by atoms with Gasteiger partial charge in [0.15, 0.2) is 5.78 Å². The second-order valence-corrected chi connectivity index (χ2v) is 8.01. The zero-order valence-corrected chi connectivity index (χ0v) is 17.6. The van der Waals surface area contributed by atoms with E-state index in [0.29, 0.717) is 19.8 Å². The van der Waals surface area contributed by atoms with Crippen molar-refractivity contribution in [2.24, 2.45) is 11.8 Å². The van der Waals surface area contributed by atoms with Gasteiger partial charge in [-0.1, -0.05) is 74.5 Å². The van der Waals surface area contributed by atoms with Crippen LogP contribution < -0.4 is 0 Å². The first-order chi connectivity index (χ1) is 14.1. The van der Waals surface area contributed by atoms with Gasteiger partial charge in [-0.3, -0.25) is 4.79 Å². The van der Waals surface area contributed by atoms with E-state index in [2.05, 4.69) is 38.1 Å². The Labute approximate surface area is 174 Å². The summed E-state index contributed by atoms with van der Waals surface area (Å²) in [4.78, 5) is 12.2. The quantitative estimate of drug-likeness (QED) is 0.571. The number of rotatable bonds is 9. The summed E-state index contributed by atoms with van der Waals surface area (Å²) in [5.74, 6) is 0.269. The van der Waals surface area contributed by atoms with Crippen LogP contribution in [-0.2, 0) is 32.2 Å². The van der Waals surface area contributed by atoms with E-state index >= 15 is 0 Å². The Bertz CT molecular complexity index is 746. The number of ketones is 1. The topological polar surface area (TPSA) is 44.8 Å². The van der Waals surface area contributed by atoms with Crippen LogP contribution in [0, 0.1) is 11.8 Å². The average Bonchev–Trinajstić information content (AvgIpc) is 2.73. The van der Waals surface area contributed by atoms with Gasteiger partial charge in [-0.05, 0) is 24.5 Å². The van der Waals surface area contributed by atoms with E-state index in [4.69, 9.17) is 14.2 Å². The van der Waals surface area contributed by atoms with Crippen LogP contribution >= 0.6 is 0 Å². The SMILES string of the molecule is CC(=O)[C@@H]1O[C@H](CCOCc2ccccc2)[C@H](C)[C@H](OCc2ccccc2)[C@H]1C. The zero-order chi connectivity index (χ0) is 20.6. The Kier molecular flexibility index (Phi) is 7.99. The van der Waals surface area contributed by atoms with Gasteiger partial charge in [0.1, 0.15) is 6.10 Å². The maximum atomic E-state index is 12.2. The van der Waals surface area contributed by atoms with Crippen LogP contribution in [0.3, 0.4) is 0 Å². The van der Waals surface area contributed by atoms with E-state index in [-0.39, 0.29) is 29.8 Å². The molecule has 0 amide bonds. The normalized spacial score (nSPS) is 26.9. The summed E-state index contributed by atoms with van der Waals surface area (Å²) in [7, 11) is 0. The fourth-order valence-corrected chi connectivity index (χ4v) is 4.13. The molecule has 1 fully saturated rings. The van der Waals surface area contributed by atoms with Gasteiger partial charge in [-0.15, -0.1) is 0 Å². The molecule has 0 unspecified atom stereocenters. The summed E-state index contributed by atoms with van der Waals surface area (Å²) in [6, 6.07) is 20.3. The minimum atomic E-state index is -0.425. The first-order valence-corrected chi connectivity index (χ1v) is 10.5. The van der Waals surface area contributed by atoms with Crippen molar-refractivity contribution in [2.45, 2.75) is 58.7 Å². The summed E-state index contributed by atoms with van der Waals surface area (Å²) in [5, 5.41) is 0. The molecule has 1 aliphatic rings. The lowest BCUT2D eigenvalue weighted by Gasteiger charge is -2.44. The first kappa shape index (κ1) is 21.7. The number of hydrogen-bond donors (Lipinski definition) is 0. The van der Waals surface area contributed by atoms with Crippen molar-refractivity contribution in [3.05, 3.63) is 71.8 Å². The molecule has 5 atom stereocenters. The molecule has 4 heteroatoms. The van der Waals surface area contributed by atoms with E-state index in [9.17, 15) is 4.79 Å². The lowest BCUT2D eigenvalue weighted by atomic mass is 9.80. The van der Waals surface area contributed by atoms with E-state index in [1.54, 1.807) is 6.92 Å². The number of carbonyl (C=O) groups is 1. The third-order valence-electron chi connectivity index (χ3n) is 5.77. The second kappa shape index (κ2) is 10.7. The molecule has 3 rings (SSSR count). The van der Waals surface area contributed by atoms with Crippen molar-refractivity contribution in [2.75, 3.05) is 6.61 Å². The van der Waals surface area contributed by atoms with E-state index in [0.717, 1.165) is 17.5 Å². The molecule has 1 saturated heterocycles. The minimum absolute atomic E-state index is 0.0210. The molecule has 156 valence electrons. The highest BCUT2D eigenvalue weighted by atomic mass is 16.5. The van der Waals surface area contributed by atoms with Gasteiger partial charge < -0.3 is 14.2 Å². The van der Waals surface area contributed by atoms with Gasteiger partial charge in [0.25, 0.3) is 0 Å². The molecule has 0 aliphatic carbocycles. The molecule has 0 spiro atoms. The summed E-state index contributed by atoms with van der Waals surface area (Å²) in [5.41, 5.74) is 2.30. The van der Waals surface area contributed by atoms with Gasteiger partial charge in [0.05, 0.1) is 25.4 Å². The van der Waals surface area contributed by atoms with Crippen LogP contribution in [0.5, 0.6) is 0 Å². The summed E-state index contributed by atoms with van der Waals surface area (Å²) >= 11 is 0. The van der Waals surface area contributed by atoms with Crippen LogP contribution in [0.25, 0.3) is 0 Å². The van der Waals surface area contributed by atoms with Gasteiger partial charge >= 0.3 is 0 Å². The number of carbonyl (C=O) groups excluding carboxylic acids is 1. The molecular weight excluding hydrogens is 364 g/mol. The minimum Gasteiger partial charge on any atom is -0.377 e. The number of ether oxygens (including phenoxy) is 3. The molecule has 1 heterocycles. The Morgan fingerprint density at radius 3 is 2.07 bits per heavy atom. The van der Waals surface area contributed by atoms with Crippen molar-refractivity contribution in [1.29, 1.82) is 0 Å². The summed E-state index contributed by atoms with van der Waals surface area (Å²) in [6.45, 7) is 7.54. The second-order valence-electron chi connectivity index (χ2n) is 8.01. The van der Waals surface area contributed by atoms with E-state index in [1.807, 2.05) is 36.4 Å². The van der Waals surface area contributed by atoms with E-state index < -0.39 is 6.10 Å². The predicted molar refractivity (Wildman–Crippen MR) is 113 cm³/mol. The van der Waals surface area contributed by atoms with Crippen molar-refractivity contribution >= 4 is 5.78 Å². The Morgan fingerprint density at radius 1 is 0.897 bits per heavy atom. The van der Waals surface area contributed by atoms with Gasteiger partial charge in [-0.25, -0.2) is 0 Å². The van der Waals surface area contributed by atoms with Gasteiger partial charge in [0.2, 0.25) is 0 Å². The number of benzene rings is 2. The smallest absolute Gasteiger partial charge is 0.158 e. The lowest BCUT2D eigenvalue weighted by Crippen LogP contribution is -2.52. The largest absolute Gasteiger partial charge is 0.377 e. The highest BCUT2D eigenvalue weighted by molar-refractivity contribution is 5.81. The Morgan fingerprint density at radius 2 is 1.48 bits per heavy atom. The molecule has 0 saturated carbocycles. The van der Waals surface area contributed by atoms with Crippen molar-refractivity contribution in [1.82, 2.24) is 0 Å². The monoisotopic (exact) mass is 396 g/mol. The van der Waals surface area contributed by atoms with Crippen LogP contribution in [0.1, 0.15) is 38.3 Å². The fourth-order valence-electron chi connectivity index (χ4n) is 4.13. The van der Waals surface area contributed by atoms with Gasteiger partial charge in [-0.2, -0.15) is 0 Å². The van der Waals surface area contributed by atoms with Crippen LogP contribution in [0.15, 0.2) is 60.7 Å². The highest BCUT2D eigenvalue weighted by Crippen LogP contribution is 2.34. The van der Waals surface area contributed by atoms with Crippen molar-refractivity contribution in [3.8, 4) is 0 Å². The van der Waals surface area contributed by atoms with Crippen LogP contribution in [0.4, 0.5) is 0 Å². The highest BCUT2D eigenvalue weighted by Gasteiger charge is 2.43. The lowest BCUT2D eigenvalue weighted by molar-refractivity contribution is -0.191. The standard InChI is InChI=1S/C25H32O4/c1-18-23(14-15-27-16-21-10-6-4-7-11-21)29-25(20(3)26)19(2)24(18)28-17-22-12-8-5-9-13-22/h4-13,18-19,23-25H,14-17H2,1-3H3/t18-,19+,23+,24-,25+/m0/s1. The molecule has 4 nitrogen and oxygen atoms in total. The van der Waals surface area contributed by atoms with Gasteiger partial charge in [0, 0.05) is 18.4 Å². The molecule has 2 aromatic rings. The summed E-state index contributed by atoms with van der Waals surface area (Å²) < 4.78 is 18.4. The molecule has 2 aromatic carbocycles. The molecule has 0 aromatic heterocycles. The molecule has 1 aliphatic heterocycles. The maximum absolute atomic E-state index is 12.2. The number of hydrogen-bond acceptors (Lipinski definition) is 4. The van der Waals surface area contributed by atoms with Crippen LogP contribution in [-0.4, -0.2) is 30.7 Å². The molecule has 0 N–H and O–H groups in total. The number of Topliss-reactive ketones (excluding diaryl/α,β-unsaturated/α-hetero) is 1. The molecule has 29 heavy (non-hydrogen) atoms. The fraction of sp³-hybridized carbons (Fsp3) is 0.480. The average molecular weight is 397 g/mol. The Balaban J connectivity index is 1.57. The third kappa shape index (κ3) is 5.99. The maximum Gasteiger partial charge on any atom is 0.158 e. The van der Waals surface area contributed by atoms with Crippen molar-refractivity contribution in [3.63, 3.8) is 0 Å². The van der Waals surface area contributed by atoms with E-state index in [1.165, 1.54) is 0 Å².